The van der Waals surface area contributed by atoms with Crippen LogP contribution in [-0.2, 0) is 6.61 Å². The minimum absolute atomic E-state index is 0.149. The highest BCUT2D eigenvalue weighted by molar-refractivity contribution is 5.36. The molecule has 3 nitrogen and oxygen atoms in total. The Hall–Kier alpha value is -2.01. The van der Waals surface area contributed by atoms with Crippen molar-refractivity contribution >= 4 is 0 Å². The van der Waals surface area contributed by atoms with Gasteiger partial charge in [0, 0.05) is 23.4 Å². The van der Waals surface area contributed by atoms with Gasteiger partial charge in [0.15, 0.2) is 0 Å². The Morgan fingerprint density at radius 1 is 1.21 bits per heavy atom. The molecule has 5 heteroatoms. The van der Waals surface area contributed by atoms with E-state index in [1.165, 1.54) is 30.5 Å². The summed E-state index contributed by atoms with van der Waals surface area (Å²) >= 11 is 0. The lowest BCUT2D eigenvalue weighted by Crippen LogP contribution is -2.08. The number of aromatic nitrogens is 1. The molecule has 0 saturated heterocycles. The van der Waals surface area contributed by atoms with Crippen LogP contribution in [0.3, 0.4) is 0 Å². The molecule has 1 unspecified atom stereocenters. The molecule has 2 rings (SSSR count). The van der Waals surface area contributed by atoms with Crippen molar-refractivity contribution in [1.82, 2.24) is 4.98 Å². The lowest BCUT2D eigenvalue weighted by atomic mass is 10.1. The maximum absolute atomic E-state index is 13.2. The maximum atomic E-state index is 13.2. The monoisotopic (exact) mass is 264 g/mol. The Kier molecular flexibility index (Phi) is 4.06. The zero-order valence-corrected chi connectivity index (χ0v) is 10.4. The third kappa shape index (κ3) is 3.48. The largest absolute Gasteiger partial charge is 0.488 e. The zero-order valence-electron chi connectivity index (χ0n) is 10.4. The van der Waals surface area contributed by atoms with Crippen LogP contribution in [0, 0.1) is 11.6 Å². The summed E-state index contributed by atoms with van der Waals surface area (Å²) < 4.78 is 31.7. The number of benzene rings is 1. The lowest BCUT2D eigenvalue weighted by molar-refractivity contribution is 0.299. The van der Waals surface area contributed by atoms with Crippen molar-refractivity contribution in [3.05, 3.63) is 59.4 Å². The first-order valence-corrected chi connectivity index (χ1v) is 5.83. The van der Waals surface area contributed by atoms with Crippen molar-refractivity contribution in [2.75, 3.05) is 0 Å². The van der Waals surface area contributed by atoms with Crippen molar-refractivity contribution in [1.29, 1.82) is 0 Å². The molecule has 0 radical (unpaired) electrons. The van der Waals surface area contributed by atoms with E-state index in [9.17, 15) is 8.78 Å². The summed E-state index contributed by atoms with van der Waals surface area (Å²) in [5.41, 5.74) is 6.93. The smallest absolute Gasteiger partial charge is 0.141 e. The van der Waals surface area contributed by atoms with Crippen LogP contribution >= 0.6 is 0 Å². The maximum Gasteiger partial charge on any atom is 0.141 e. The first kappa shape index (κ1) is 13.4. The first-order valence-electron chi connectivity index (χ1n) is 5.83. The SMILES string of the molecule is CC(N)c1cc(F)ccc1OCc1cncc(F)c1. The molecule has 0 saturated carbocycles. The quantitative estimate of drug-likeness (QED) is 0.923. The van der Waals surface area contributed by atoms with Gasteiger partial charge in [-0.2, -0.15) is 0 Å². The highest BCUT2D eigenvalue weighted by Crippen LogP contribution is 2.25. The number of hydrogen-bond acceptors (Lipinski definition) is 3. The van der Waals surface area contributed by atoms with Gasteiger partial charge in [0.2, 0.25) is 0 Å². The highest BCUT2D eigenvalue weighted by Gasteiger charge is 2.10. The van der Waals surface area contributed by atoms with Gasteiger partial charge in [-0.15, -0.1) is 0 Å². The van der Waals surface area contributed by atoms with Gasteiger partial charge in [0.25, 0.3) is 0 Å². The number of nitrogens with zero attached hydrogens (tertiary/aromatic N) is 1. The number of halogens is 2. The first-order chi connectivity index (χ1) is 9.06. The average Bonchev–Trinajstić information content (AvgIpc) is 2.37. The topological polar surface area (TPSA) is 48.1 Å². The van der Waals surface area contributed by atoms with Crippen molar-refractivity contribution < 1.29 is 13.5 Å². The third-order valence-corrected chi connectivity index (χ3v) is 2.62. The second-order valence-corrected chi connectivity index (χ2v) is 4.27. The summed E-state index contributed by atoms with van der Waals surface area (Å²) in [6, 6.07) is 5.13. The van der Waals surface area contributed by atoms with Gasteiger partial charge < -0.3 is 10.5 Å². The molecule has 0 aliphatic carbocycles. The normalized spacial score (nSPS) is 12.2. The summed E-state index contributed by atoms with van der Waals surface area (Å²) in [5.74, 6) is -0.305. The molecule has 0 fully saturated rings. The minimum atomic E-state index is -0.423. The van der Waals surface area contributed by atoms with Crippen LogP contribution in [0.4, 0.5) is 8.78 Å². The van der Waals surface area contributed by atoms with Crippen molar-refractivity contribution in [2.45, 2.75) is 19.6 Å². The molecule has 2 N–H and O–H groups in total. The summed E-state index contributed by atoms with van der Waals surface area (Å²) in [4.78, 5) is 3.73. The third-order valence-electron chi connectivity index (χ3n) is 2.62. The average molecular weight is 264 g/mol. The number of pyridine rings is 1. The van der Waals surface area contributed by atoms with Crippen LogP contribution < -0.4 is 10.5 Å². The minimum Gasteiger partial charge on any atom is -0.488 e. The summed E-state index contributed by atoms with van der Waals surface area (Å²) in [7, 11) is 0. The van der Waals surface area contributed by atoms with Crippen LogP contribution in [0.15, 0.2) is 36.7 Å². The van der Waals surface area contributed by atoms with Gasteiger partial charge in [0.05, 0.1) is 6.20 Å². The molecule has 0 bridgehead atoms. The van der Waals surface area contributed by atoms with E-state index >= 15 is 0 Å². The molecular weight excluding hydrogens is 250 g/mol. The Morgan fingerprint density at radius 2 is 2.00 bits per heavy atom. The molecule has 2 aromatic rings. The molecule has 1 atom stereocenters. The van der Waals surface area contributed by atoms with E-state index in [0.29, 0.717) is 16.9 Å². The molecule has 0 amide bonds. The number of rotatable bonds is 4. The molecule has 0 aliphatic heterocycles. The molecule has 100 valence electrons. The Bertz CT molecular complexity index is 573. The van der Waals surface area contributed by atoms with Crippen molar-refractivity contribution in [3.8, 4) is 5.75 Å². The Balaban J connectivity index is 2.15. The van der Waals surface area contributed by atoms with Crippen molar-refractivity contribution in [2.24, 2.45) is 5.73 Å². The van der Waals surface area contributed by atoms with Gasteiger partial charge in [-0.25, -0.2) is 8.78 Å². The second-order valence-electron chi connectivity index (χ2n) is 4.27. The van der Waals surface area contributed by atoms with Crippen LogP contribution in [0.1, 0.15) is 24.1 Å². The lowest BCUT2D eigenvalue weighted by Gasteiger charge is -2.14. The van der Waals surface area contributed by atoms with Crippen LogP contribution in [0.2, 0.25) is 0 Å². The fraction of sp³-hybridized carbons (Fsp3) is 0.214. The Labute approximate surface area is 110 Å². The van der Waals surface area contributed by atoms with E-state index in [1.807, 2.05) is 0 Å². The van der Waals surface area contributed by atoms with Crippen LogP contribution in [-0.4, -0.2) is 4.98 Å². The predicted octanol–water partition coefficient (Wildman–Crippen LogP) is 2.96. The highest BCUT2D eigenvalue weighted by atomic mass is 19.1. The van der Waals surface area contributed by atoms with Crippen molar-refractivity contribution in [3.63, 3.8) is 0 Å². The van der Waals surface area contributed by atoms with Gasteiger partial charge in [0.1, 0.15) is 24.0 Å². The van der Waals surface area contributed by atoms with E-state index in [2.05, 4.69) is 4.98 Å². The number of ether oxygens (including phenoxy) is 1. The number of nitrogens with two attached hydrogens (primary N) is 1. The number of hydrogen-bond donors (Lipinski definition) is 1. The van der Waals surface area contributed by atoms with Crippen LogP contribution in [0.5, 0.6) is 5.75 Å². The summed E-state index contributed by atoms with van der Waals surface area (Å²) in [5, 5.41) is 0. The van der Waals surface area contributed by atoms with Crippen LogP contribution in [0.25, 0.3) is 0 Å². The summed E-state index contributed by atoms with van der Waals surface area (Å²) in [6.45, 7) is 1.89. The molecule has 0 spiro atoms. The molecule has 1 aromatic heterocycles. The molecule has 19 heavy (non-hydrogen) atoms. The molecule has 0 aliphatic rings. The fourth-order valence-electron chi connectivity index (χ4n) is 1.70. The summed E-state index contributed by atoms with van der Waals surface area (Å²) in [6.07, 6.45) is 2.63. The van der Waals surface area contributed by atoms with Gasteiger partial charge in [-0.05, 0) is 31.2 Å². The molecular formula is C14H14F2N2O. The molecule has 1 heterocycles. The standard InChI is InChI=1S/C14H14F2N2O/c1-9(17)13-5-11(15)2-3-14(13)19-8-10-4-12(16)7-18-6-10/h2-7,9H,8,17H2,1H3. The van der Waals surface area contributed by atoms with E-state index in [4.69, 9.17) is 10.5 Å². The zero-order chi connectivity index (χ0) is 13.8. The van der Waals surface area contributed by atoms with Gasteiger partial charge in [-0.3, -0.25) is 4.98 Å². The van der Waals surface area contributed by atoms with E-state index in [1.54, 1.807) is 6.92 Å². The van der Waals surface area contributed by atoms with Gasteiger partial charge in [-0.1, -0.05) is 0 Å². The molecule has 1 aromatic carbocycles. The van der Waals surface area contributed by atoms with Gasteiger partial charge >= 0.3 is 0 Å². The second kappa shape index (κ2) is 5.75. The van der Waals surface area contributed by atoms with E-state index in [0.717, 1.165) is 6.20 Å². The Morgan fingerprint density at radius 3 is 2.68 bits per heavy atom. The van der Waals surface area contributed by atoms with E-state index in [-0.39, 0.29) is 18.5 Å². The predicted molar refractivity (Wildman–Crippen MR) is 67.5 cm³/mol. The fourth-order valence-corrected chi connectivity index (χ4v) is 1.70. The van der Waals surface area contributed by atoms with E-state index < -0.39 is 5.82 Å².